The maximum atomic E-state index is 13.2. The molecule has 2 fully saturated rings. The Morgan fingerprint density at radius 2 is 1.87 bits per heavy atom. The summed E-state index contributed by atoms with van der Waals surface area (Å²) in [5.41, 5.74) is 4.75. The number of allylic oxidation sites excluding steroid dienone is 3. The van der Waals surface area contributed by atoms with Crippen LogP contribution in [0.25, 0.3) is 16.7 Å². The number of fused-ring (bicyclic) bond motifs is 6. The molecule has 4 unspecified atom stereocenters. The predicted molar refractivity (Wildman–Crippen MR) is 177 cm³/mol. The van der Waals surface area contributed by atoms with Crippen molar-refractivity contribution in [2.45, 2.75) is 110 Å². The average Bonchev–Trinajstić information content (AvgIpc) is 3.58. The fourth-order valence-corrected chi connectivity index (χ4v) is 9.21. The van der Waals surface area contributed by atoms with Gasteiger partial charge in [0.05, 0.1) is 11.0 Å². The number of hydrogen-bond acceptors (Lipinski definition) is 6. The van der Waals surface area contributed by atoms with E-state index in [1.165, 1.54) is 29.6 Å². The number of hydrogen-bond donors (Lipinski definition) is 2. The number of esters is 1. The number of benzene rings is 1. The molecule has 4 aliphatic rings. The normalized spacial score (nSPS) is 31.0. The van der Waals surface area contributed by atoms with Crippen molar-refractivity contribution in [1.29, 1.82) is 0 Å². The molecule has 6 rings (SSSR count). The van der Waals surface area contributed by atoms with Gasteiger partial charge in [0.25, 0.3) is 0 Å². The van der Waals surface area contributed by atoms with Crippen LogP contribution in [0, 0.1) is 28.6 Å². The second-order valence-electron chi connectivity index (χ2n) is 15.4. The number of carbonyl (C=O) groups is 3. The minimum absolute atomic E-state index is 0.116. The predicted octanol–water partition coefficient (Wildman–Crippen LogP) is 6.78. The van der Waals surface area contributed by atoms with E-state index in [0.717, 1.165) is 37.6 Å². The third-order valence-electron chi connectivity index (χ3n) is 11.5. The first kappa shape index (κ1) is 32.3. The molecule has 9 nitrogen and oxygen atoms in total. The fraction of sp³-hybridized carbons (Fsp3) is 0.622. The van der Waals surface area contributed by atoms with Crippen LogP contribution in [0.15, 0.2) is 48.3 Å². The summed E-state index contributed by atoms with van der Waals surface area (Å²) >= 11 is 0. The molecule has 0 saturated heterocycles. The van der Waals surface area contributed by atoms with Crippen molar-refractivity contribution in [3.05, 3.63) is 48.3 Å². The minimum Gasteiger partial charge on any atom is -0.461 e. The van der Waals surface area contributed by atoms with Crippen LogP contribution in [0.1, 0.15) is 92.4 Å². The molecule has 7 atom stereocenters. The molecule has 1 heterocycles. The van der Waals surface area contributed by atoms with Crippen LogP contribution < -0.4 is 10.6 Å². The van der Waals surface area contributed by atoms with Crippen LogP contribution in [0.4, 0.5) is 4.79 Å². The van der Waals surface area contributed by atoms with E-state index in [0.29, 0.717) is 43.6 Å². The van der Waals surface area contributed by atoms with Crippen LogP contribution in [-0.2, 0) is 19.1 Å². The van der Waals surface area contributed by atoms with Crippen LogP contribution in [0.3, 0.4) is 0 Å². The number of aromatic nitrogens is 2. The summed E-state index contributed by atoms with van der Waals surface area (Å²) in [4.78, 5) is 41.1. The van der Waals surface area contributed by atoms with E-state index < -0.39 is 23.7 Å². The number of nitrogens with zero attached hydrogens (tertiary/aromatic N) is 2. The van der Waals surface area contributed by atoms with Crippen molar-refractivity contribution in [3.63, 3.8) is 0 Å². The van der Waals surface area contributed by atoms with Gasteiger partial charge in [0.1, 0.15) is 24.1 Å². The van der Waals surface area contributed by atoms with Gasteiger partial charge in [-0.3, -0.25) is 4.79 Å². The number of para-hydroxylation sites is 2. The number of ether oxygens (including phenoxy) is 2. The van der Waals surface area contributed by atoms with Crippen molar-refractivity contribution in [2.24, 2.45) is 28.6 Å². The highest BCUT2D eigenvalue weighted by molar-refractivity contribution is 5.80. The van der Waals surface area contributed by atoms with Crippen molar-refractivity contribution < 1.29 is 23.9 Å². The summed E-state index contributed by atoms with van der Waals surface area (Å²) in [5.74, 6) is 1.45. The largest absolute Gasteiger partial charge is 0.461 e. The molecule has 1 aromatic heterocycles. The Morgan fingerprint density at radius 1 is 1.09 bits per heavy atom. The molecule has 2 aromatic rings. The van der Waals surface area contributed by atoms with E-state index in [9.17, 15) is 14.4 Å². The number of alkyl carbamates (subject to hydrolysis) is 1. The molecule has 2 amide bonds. The van der Waals surface area contributed by atoms with Crippen molar-refractivity contribution in [3.8, 4) is 0 Å². The van der Waals surface area contributed by atoms with E-state index in [2.05, 4.69) is 65.5 Å². The third kappa shape index (κ3) is 6.09. The molecule has 2 N–H and O–H groups in total. The van der Waals surface area contributed by atoms with Gasteiger partial charge in [-0.1, -0.05) is 43.7 Å². The highest BCUT2D eigenvalue weighted by Crippen LogP contribution is 2.65. The molecule has 0 bridgehead atoms. The third-order valence-corrected chi connectivity index (χ3v) is 11.5. The van der Waals surface area contributed by atoms with Gasteiger partial charge in [0.2, 0.25) is 6.41 Å². The van der Waals surface area contributed by atoms with E-state index in [-0.39, 0.29) is 16.9 Å². The zero-order valence-corrected chi connectivity index (χ0v) is 28.0. The van der Waals surface area contributed by atoms with Gasteiger partial charge >= 0.3 is 12.1 Å². The highest BCUT2D eigenvalue weighted by atomic mass is 16.6. The van der Waals surface area contributed by atoms with Crippen LogP contribution >= 0.6 is 0 Å². The Balaban J connectivity index is 1.07. The lowest BCUT2D eigenvalue weighted by Crippen LogP contribution is -2.50. The number of nitrogens with one attached hydrogen (secondary N) is 2. The molecule has 0 aliphatic heterocycles. The van der Waals surface area contributed by atoms with Gasteiger partial charge in [0.15, 0.2) is 0 Å². The van der Waals surface area contributed by atoms with Gasteiger partial charge in [-0.15, -0.1) is 0 Å². The maximum Gasteiger partial charge on any atom is 0.407 e. The Bertz CT molecular complexity index is 1540. The number of amides is 2. The molecule has 4 aliphatic carbocycles. The quantitative estimate of drug-likeness (QED) is 0.137. The fourth-order valence-electron chi connectivity index (χ4n) is 9.21. The van der Waals surface area contributed by atoms with Crippen LogP contribution in [0.2, 0.25) is 0 Å². The summed E-state index contributed by atoms with van der Waals surface area (Å²) < 4.78 is 13.6. The van der Waals surface area contributed by atoms with E-state index in [4.69, 9.17) is 14.5 Å². The first-order valence-electron chi connectivity index (χ1n) is 17.1. The van der Waals surface area contributed by atoms with Crippen LogP contribution in [0.5, 0.6) is 0 Å². The average molecular weight is 631 g/mol. The Hall–Kier alpha value is -3.62. The highest BCUT2D eigenvalue weighted by Gasteiger charge is 2.57. The summed E-state index contributed by atoms with van der Waals surface area (Å²) in [7, 11) is 0. The van der Waals surface area contributed by atoms with Gasteiger partial charge in [-0.25, -0.2) is 14.6 Å². The lowest BCUT2D eigenvalue weighted by atomic mass is 9.47. The molecule has 0 spiro atoms. The van der Waals surface area contributed by atoms with E-state index in [1.807, 2.05) is 6.33 Å². The van der Waals surface area contributed by atoms with Gasteiger partial charge in [-0.2, -0.15) is 0 Å². The zero-order valence-electron chi connectivity index (χ0n) is 28.0. The molecular formula is C37H50N4O5. The van der Waals surface area contributed by atoms with Crippen LogP contribution in [-0.4, -0.2) is 52.3 Å². The number of carbonyl (C=O) groups excluding carboxylic acids is 3. The standard InChI is InChI=1S/C37H50N4O5/c1-35(2,3)46-34(44)38-20-8-10-30(40-23-42)33(43)45-25-16-18-36(4)24(21-25)12-13-26-27-14-15-32(37(27,5)19-17-28(26)36)41-22-39-29-9-6-7-11-31(29)41/h6-7,9,11-12,15,22-23,25-28,30H,8,10,13-14,16-21H2,1-5H3,(H,38,44)(H,40,42)/t25-,26?,27?,28?,30?,36-,37-/m0/s1. The van der Waals surface area contributed by atoms with Crippen molar-refractivity contribution in [1.82, 2.24) is 20.2 Å². The van der Waals surface area contributed by atoms with E-state index in [1.54, 1.807) is 20.8 Å². The summed E-state index contributed by atoms with van der Waals surface area (Å²) in [6.45, 7) is 10.7. The Kier molecular flexibility index (Phi) is 8.81. The first-order valence-corrected chi connectivity index (χ1v) is 17.1. The Morgan fingerprint density at radius 3 is 2.65 bits per heavy atom. The van der Waals surface area contributed by atoms with Gasteiger partial charge in [-0.05, 0) is 107 Å². The Labute approximate surface area is 272 Å². The second kappa shape index (κ2) is 12.5. The SMILES string of the molecule is CC(C)(C)OC(=O)NCCCC(NC=O)C(=O)O[C@H]1CC[C@@]2(C)C(=CCC3C2CC[C@]2(C)C(n4cnc5ccccc54)=CCC32)C1. The molecule has 1 aromatic carbocycles. The monoisotopic (exact) mass is 630 g/mol. The number of rotatable bonds is 9. The molecule has 2 saturated carbocycles. The number of imidazole rings is 1. The molecule has 9 heteroatoms. The zero-order chi connectivity index (χ0) is 32.7. The topological polar surface area (TPSA) is 112 Å². The van der Waals surface area contributed by atoms with Gasteiger partial charge < -0.3 is 24.7 Å². The minimum atomic E-state index is -0.747. The summed E-state index contributed by atoms with van der Waals surface area (Å²) in [6.07, 6.45) is 14.8. The van der Waals surface area contributed by atoms with E-state index >= 15 is 0 Å². The lowest BCUT2D eigenvalue weighted by molar-refractivity contribution is -0.154. The van der Waals surface area contributed by atoms with Crippen molar-refractivity contribution >= 4 is 35.2 Å². The first-order chi connectivity index (χ1) is 21.9. The van der Waals surface area contributed by atoms with Gasteiger partial charge in [0, 0.05) is 24.1 Å². The second-order valence-corrected chi connectivity index (χ2v) is 15.4. The molecular weight excluding hydrogens is 580 g/mol. The lowest BCUT2D eigenvalue weighted by Gasteiger charge is -2.57. The molecule has 0 radical (unpaired) electrons. The summed E-state index contributed by atoms with van der Waals surface area (Å²) in [6, 6.07) is 7.67. The maximum absolute atomic E-state index is 13.2. The molecule has 46 heavy (non-hydrogen) atoms. The molecule has 248 valence electrons. The van der Waals surface area contributed by atoms with Crippen molar-refractivity contribution in [2.75, 3.05) is 6.54 Å². The summed E-state index contributed by atoms with van der Waals surface area (Å²) in [5, 5.41) is 5.33. The smallest absolute Gasteiger partial charge is 0.407 e.